The molecule has 9 heteroatoms. The number of hydrogen-bond acceptors (Lipinski definition) is 6. The van der Waals surface area contributed by atoms with E-state index in [2.05, 4.69) is 196 Å². The molecular formula is C64H92Cl2N4O2Pd. The molecule has 6 atom stereocenters. The van der Waals surface area contributed by atoms with Crippen molar-refractivity contribution in [2.45, 2.75) is 202 Å². The van der Waals surface area contributed by atoms with Crippen molar-refractivity contribution in [3.05, 3.63) is 127 Å². The van der Waals surface area contributed by atoms with Gasteiger partial charge in [-0.25, -0.2) is 0 Å². The summed E-state index contributed by atoms with van der Waals surface area (Å²) in [5, 5.41) is 0. The fraction of sp³-hybridized carbons (Fsp3) is 0.594. The van der Waals surface area contributed by atoms with Crippen LogP contribution in [0.3, 0.4) is 0 Å². The molecule has 2 aliphatic heterocycles. The Hall–Kier alpha value is -2.76. The van der Waals surface area contributed by atoms with Crippen LogP contribution in [0.2, 0.25) is 0 Å². The summed E-state index contributed by atoms with van der Waals surface area (Å²) in [7, 11) is 9.63. The first kappa shape index (κ1) is 59.5. The van der Waals surface area contributed by atoms with Crippen LogP contribution in [0, 0.1) is 146 Å². The molecule has 0 bridgehead atoms. The van der Waals surface area contributed by atoms with Crippen LogP contribution in [0.4, 0.5) is 22.7 Å². The number of ether oxygens (including phenoxy) is 2. The van der Waals surface area contributed by atoms with Crippen LogP contribution in [0.15, 0.2) is 24.3 Å². The third-order valence-electron chi connectivity index (χ3n) is 18.8. The summed E-state index contributed by atoms with van der Waals surface area (Å²) in [4.78, 5) is 9.06. The van der Waals surface area contributed by atoms with Crippen LogP contribution < -0.4 is 19.6 Å². The van der Waals surface area contributed by atoms with Crippen molar-refractivity contribution in [1.82, 2.24) is 0 Å². The van der Waals surface area contributed by atoms with E-state index in [-0.39, 0.29) is 15.9 Å². The first-order chi connectivity index (χ1) is 34.4. The predicted molar refractivity (Wildman–Crippen MR) is 310 cm³/mol. The van der Waals surface area contributed by atoms with Crippen molar-refractivity contribution in [2.75, 3.05) is 33.1 Å². The average molecular weight is 1130 g/mol. The summed E-state index contributed by atoms with van der Waals surface area (Å²) in [6, 6.07) is 9.28. The minimum absolute atomic E-state index is 0.106. The number of anilines is 4. The van der Waals surface area contributed by atoms with E-state index in [9.17, 15) is 0 Å². The number of hydrogen-bond donors (Lipinski definition) is 0. The maximum absolute atomic E-state index is 6.62. The zero-order valence-electron chi connectivity index (χ0n) is 48.7. The van der Waals surface area contributed by atoms with Crippen LogP contribution in [-0.4, -0.2) is 25.7 Å². The molecule has 73 heavy (non-hydrogen) atoms. The Morgan fingerprint density at radius 3 is 0.986 bits per heavy atom. The summed E-state index contributed by atoms with van der Waals surface area (Å²) < 4.78 is 13.2. The molecule has 4 aromatic carbocycles. The molecule has 8 rings (SSSR count). The third kappa shape index (κ3) is 13.3. The molecule has 0 unspecified atom stereocenters. The van der Waals surface area contributed by atoms with Crippen LogP contribution >= 0.6 is 19.1 Å². The molecule has 4 aromatic rings. The molecule has 0 amide bonds. The Balaban J connectivity index is 0.000000226. The van der Waals surface area contributed by atoms with E-state index >= 15 is 0 Å². The van der Waals surface area contributed by atoms with Gasteiger partial charge in [-0.1, -0.05) is 41.5 Å². The quantitative estimate of drug-likeness (QED) is 0.131. The van der Waals surface area contributed by atoms with Gasteiger partial charge in [0.15, 0.2) is 0 Å². The molecule has 2 saturated carbocycles. The second-order valence-electron chi connectivity index (χ2n) is 23.6. The van der Waals surface area contributed by atoms with Crippen molar-refractivity contribution >= 4 is 41.8 Å². The van der Waals surface area contributed by atoms with E-state index in [1.165, 1.54) is 150 Å². The Bertz CT molecular complexity index is 2320. The van der Waals surface area contributed by atoms with Crippen LogP contribution in [0.25, 0.3) is 0 Å². The number of fused-ring (bicyclic) bond motifs is 2. The zero-order chi connectivity index (χ0) is 53.9. The molecule has 4 aliphatic rings. The molecule has 2 fully saturated rings. The zero-order valence-corrected chi connectivity index (χ0v) is 51.7. The van der Waals surface area contributed by atoms with Crippen LogP contribution in [-0.2, 0) is 38.5 Å². The number of aryl methyl sites for hydroxylation is 4. The summed E-state index contributed by atoms with van der Waals surface area (Å²) >= 11 is -0.106. The summed E-state index contributed by atoms with van der Waals surface area (Å²) in [6.07, 6.45) is 8.22. The van der Waals surface area contributed by atoms with E-state index in [1.807, 2.05) is 0 Å². The van der Waals surface area contributed by atoms with E-state index in [0.717, 1.165) is 36.8 Å². The van der Waals surface area contributed by atoms with Gasteiger partial charge in [0, 0.05) is 13.1 Å². The van der Waals surface area contributed by atoms with Gasteiger partial charge in [0.05, 0.1) is 35.0 Å². The second kappa shape index (κ2) is 25.6. The van der Waals surface area contributed by atoms with Gasteiger partial charge in [-0.3, -0.25) is 0 Å². The van der Waals surface area contributed by atoms with Crippen molar-refractivity contribution in [1.29, 1.82) is 0 Å². The summed E-state index contributed by atoms with van der Waals surface area (Å²) in [5.74, 6) is 4.24. The van der Waals surface area contributed by atoms with E-state index < -0.39 is 0 Å². The van der Waals surface area contributed by atoms with Crippen LogP contribution in [0.5, 0.6) is 0 Å². The normalized spacial score (nSPS) is 21.7. The van der Waals surface area contributed by atoms with E-state index in [4.69, 9.17) is 28.5 Å². The van der Waals surface area contributed by atoms with Gasteiger partial charge < -0.3 is 29.1 Å². The summed E-state index contributed by atoms with van der Waals surface area (Å²) in [5.41, 5.74) is 27.1. The Kier molecular flexibility index (Phi) is 20.9. The topological polar surface area (TPSA) is 31.4 Å². The van der Waals surface area contributed by atoms with Gasteiger partial charge in [0.25, 0.3) is 0 Å². The molecule has 4 radical (unpaired) electrons. The van der Waals surface area contributed by atoms with E-state index in [1.54, 1.807) is 0 Å². The molecule has 6 nitrogen and oxygen atoms in total. The van der Waals surface area contributed by atoms with Gasteiger partial charge in [-0.15, -0.1) is 0 Å². The van der Waals surface area contributed by atoms with Crippen molar-refractivity contribution in [3.63, 3.8) is 0 Å². The predicted octanol–water partition coefficient (Wildman–Crippen LogP) is 17.6. The minimum atomic E-state index is -0.106. The molecule has 404 valence electrons. The Morgan fingerprint density at radius 2 is 0.712 bits per heavy atom. The van der Waals surface area contributed by atoms with E-state index in [0.29, 0.717) is 37.5 Å². The SMILES string of the molecule is Cc1cc2c(cc1C)N(Cc1c(C)c(C)c(C)c(C)c1C)[C]N2CO[C@H]1C[C@H](C(C)C)CC[C@@H]1C.Cc1cc2c(cc1C)N(Cc1c(C)c(C)c(C)c(C)c1C)[C]N2CO[C@H]1C[C@H](C(C)C)CC[C@@H]1C.[Cl][Pd][Cl]. The number of benzene rings is 4. The van der Waals surface area contributed by atoms with Crippen molar-refractivity contribution in [3.8, 4) is 0 Å². The first-order valence-electron chi connectivity index (χ1n) is 27.4. The monoisotopic (exact) mass is 1120 g/mol. The van der Waals surface area contributed by atoms with Gasteiger partial charge >= 0.3 is 35.0 Å². The van der Waals surface area contributed by atoms with Gasteiger partial charge in [-0.2, -0.15) is 0 Å². The van der Waals surface area contributed by atoms with Crippen molar-refractivity contribution < 1.29 is 25.4 Å². The maximum atomic E-state index is 6.62. The van der Waals surface area contributed by atoms with Gasteiger partial charge in [0.2, 0.25) is 13.3 Å². The molecule has 0 spiro atoms. The fourth-order valence-electron chi connectivity index (χ4n) is 12.0. The number of rotatable bonds is 12. The molecular weight excluding hydrogens is 1030 g/mol. The average Bonchev–Trinajstić information content (AvgIpc) is 3.86. The number of nitrogens with zero attached hydrogens (tertiary/aromatic N) is 4. The molecule has 0 N–H and O–H groups in total. The first-order valence-corrected chi connectivity index (χ1v) is 31.4. The molecule has 2 heterocycles. The number of halogens is 2. The third-order valence-corrected chi connectivity index (χ3v) is 18.8. The molecule has 0 saturated heterocycles. The fourth-order valence-corrected chi connectivity index (χ4v) is 12.0. The Labute approximate surface area is 461 Å². The Morgan fingerprint density at radius 1 is 0.452 bits per heavy atom. The molecule has 2 aliphatic carbocycles. The van der Waals surface area contributed by atoms with Gasteiger partial charge in [0.1, 0.15) is 13.5 Å². The van der Waals surface area contributed by atoms with Gasteiger partial charge in [-0.05, 0) is 284 Å². The van der Waals surface area contributed by atoms with Crippen molar-refractivity contribution in [2.24, 2.45) is 35.5 Å². The standard InChI is InChI=1S/2C32H46N2O.2ClH.Pd/c2*1-19(2)28-12-11-20(3)32(15-28)35-18-34-17-33(30-13-21(4)22(5)14-31(30)34)16-29-26(9)24(7)23(6)25(8)27(29)10;;;/h2*13-14,19-20,28,32H,11-12,15-16,18H2,1-10H3;2*1H;/q;;;;+2/p-2/t2*20-,28+,32-;;;/m00.../s1. The summed E-state index contributed by atoms with van der Waals surface area (Å²) in [6.45, 7) is 55.8. The molecule has 0 aromatic heterocycles. The second-order valence-corrected chi connectivity index (χ2v) is 25.9. The van der Waals surface area contributed by atoms with Crippen LogP contribution in [0.1, 0.15) is 169 Å².